The third kappa shape index (κ3) is 9.44. The van der Waals surface area contributed by atoms with E-state index in [9.17, 15) is 4.79 Å². The number of rotatable bonds is 8. The molecule has 0 aliphatic rings. The van der Waals surface area contributed by atoms with Crippen molar-refractivity contribution in [3.8, 4) is 0 Å². The van der Waals surface area contributed by atoms with Crippen LogP contribution < -0.4 is 11.1 Å². The van der Waals surface area contributed by atoms with Crippen LogP contribution in [0.4, 0.5) is 0 Å². The topological polar surface area (TPSA) is 73.6 Å². The fraction of sp³-hybridized carbons (Fsp3) is 0.889. The van der Waals surface area contributed by atoms with Crippen molar-refractivity contribution in [2.45, 2.75) is 19.9 Å². The molecule has 14 heavy (non-hydrogen) atoms. The molecule has 0 saturated carbocycles. The van der Waals surface area contributed by atoms with Crippen molar-refractivity contribution in [1.29, 1.82) is 0 Å². The number of carbonyl (C=O) groups excluding carboxylic acids is 1. The molecule has 0 aromatic rings. The first-order chi connectivity index (χ1) is 6.66. The highest BCUT2D eigenvalue weighted by Crippen LogP contribution is 1.81. The summed E-state index contributed by atoms with van der Waals surface area (Å²) in [5, 5.41) is 2.63. The average molecular weight is 204 g/mol. The largest absolute Gasteiger partial charge is 0.377 e. The molecule has 1 atom stereocenters. The number of hydrogen-bond acceptors (Lipinski definition) is 4. The zero-order valence-electron chi connectivity index (χ0n) is 8.91. The van der Waals surface area contributed by atoms with Gasteiger partial charge in [-0.1, -0.05) is 0 Å². The van der Waals surface area contributed by atoms with Crippen molar-refractivity contribution in [3.63, 3.8) is 0 Å². The van der Waals surface area contributed by atoms with E-state index < -0.39 is 0 Å². The molecule has 0 fully saturated rings. The number of likely N-dealkylation sites (N-methyl/N-ethyl adjacent to an activating group) is 1. The van der Waals surface area contributed by atoms with E-state index in [1.54, 1.807) is 0 Å². The lowest BCUT2D eigenvalue weighted by Gasteiger charge is -2.07. The summed E-state index contributed by atoms with van der Waals surface area (Å²) in [7, 11) is 0. The number of nitrogens with one attached hydrogen (secondary N) is 1. The van der Waals surface area contributed by atoms with Gasteiger partial charge in [0.05, 0.1) is 19.8 Å². The highest BCUT2D eigenvalue weighted by molar-refractivity contribution is 5.77. The monoisotopic (exact) mass is 204 g/mol. The Balaban J connectivity index is 3.09. The number of hydrogen-bond donors (Lipinski definition) is 2. The smallest absolute Gasteiger partial charge is 0.245 e. The van der Waals surface area contributed by atoms with Gasteiger partial charge in [-0.15, -0.1) is 0 Å². The van der Waals surface area contributed by atoms with Gasteiger partial charge in [-0.3, -0.25) is 4.79 Å². The van der Waals surface area contributed by atoms with Crippen LogP contribution in [0.2, 0.25) is 0 Å². The Labute approximate surface area is 84.9 Å². The average Bonchev–Trinajstić information content (AvgIpc) is 2.11. The van der Waals surface area contributed by atoms with Gasteiger partial charge in [0.1, 0.15) is 6.61 Å². The number of nitrogens with two attached hydrogens (primary N) is 1. The standard InChI is InChI=1S/C9H20N2O3/c1-3-11-9(12)7-14-5-4-13-6-8(2)10/h8H,3-7,10H2,1-2H3,(H,11,12). The lowest BCUT2D eigenvalue weighted by atomic mass is 10.4. The Morgan fingerprint density at radius 3 is 2.64 bits per heavy atom. The molecule has 0 aliphatic carbocycles. The molecule has 0 rings (SSSR count). The Hall–Kier alpha value is -0.650. The summed E-state index contributed by atoms with van der Waals surface area (Å²) in [6.45, 7) is 5.87. The minimum atomic E-state index is -0.0975. The minimum Gasteiger partial charge on any atom is -0.377 e. The molecule has 0 bridgehead atoms. The summed E-state index contributed by atoms with van der Waals surface area (Å²) in [5.74, 6) is -0.0975. The highest BCUT2D eigenvalue weighted by atomic mass is 16.5. The Morgan fingerprint density at radius 1 is 1.43 bits per heavy atom. The molecule has 0 spiro atoms. The zero-order chi connectivity index (χ0) is 10.8. The predicted octanol–water partition coefficient (Wildman–Crippen LogP) is -0.497. The summed E-state index contributed by atoms with van der Waals surface area (Å²) in [6.07, 6.45) is 0. The van der Waals surface area contributed by atoms with E-state index in [4.69, 9.17) is 15.2 Å². The molecule has 0 aromatic heterocycles. The van der Waals surface area contributed by atoms with Crippen molar-refractivity contribution >= 4 is 5.91 Å². The molecule has 0 aliphatic heterocycles. The third-order valence-corrected chi connectivity index (χ3v) is 1.36. The molecular formula is C9H20N2O3. The predicted molar refractivity (Wildman–Crippen MR) is 54.0 cm³/mol. The summed E-state index contributed by atoms with van der Waals surface area (Å²) in [4.78, 5) is 10.9. The van der Waals surface area contributed by atoms with Gasteiger partial charge < -0.3 is 20.5 Å². The van der Waals surface area contributed by atoms with E-state index in [0.29, 0.717) is 26.4 Å². The summed E-state index contributed by atoms with van der Waals surface area (Å²) in [6, 6.07) is 0.0402. The van der Waals surface area contributed by atoms with Crippen molar-refractivity contribution < 1.29 is 14.3 Å². The van der Waals surface area contributed by atoms with E-state index >= 15 is 0 Å². The lowest BCUT2D eigenvalue weighted by Crippen LogP contribution is -2.28. The second-order valence-electron chi connectivity index (χ2n) is 3.06. The molecule has 1 unspecified atom stereocenters. The van der Waals surface area contributed by atoms with E-state index in [2.05, 4.69) is 5.32 Å². The molecule has 3 N–H and O–H groups in total. The lowest BCUT2D eigenvalue weighted by molar-refractivity contribution is -0.126. The van der Waals surface area contributed by atoms with Crippen LogP contribution in [0, 0.1) is 0 Å². The van der Waals surface area contributed by atoms with Crippen LogP contribution in [-0.2, 0) is 14.3 Å². The molecule has 0 heterocycles. The maximum atomic E-state index is 10.9. The normalized spacial score (nSPS) is 12.5. The molecule has 0 radical (unpaired) electrons. The fourth-order valence-electron chi connectivity index (χ4n) is 0.800. The van der Waals surface area contributed by atoms with Crippen LogP contribution in [0.1, 0.15) is 13.8 Å². The zero-order valence-corrected chi connectivity index (χ0v) is 8.91. The maximum absolute atomic E-state index is 10.9. The fourth-order valence-corrected chi connectivity index (χ4v) is 0.800. The number of amides is 1. The van der Waals surface area contributed by atoms with Crippen molar-refractivity contribution in [2.75, 3.05) is 33.0 Å². The van der Waals surface area contributed by atoms with E-state index in [-0.39, 0.29) is 18.6 Å². The van der Waals surface area contributed by atoms with Gasteiger partial charge in [-0.05, 0) is 13.8 Å². The summed E-state index contributed by atoms with van der Waals surface area (Å²) < 4.78 is 10.2. The molecule has 0 aromatic carbocycles. The van der Waals surface area contributed by atoms with Gasteiger partial charge in [-0.2, -0.15) is 0 Å². The van der Waals surface area contributed by atoms with Crippen LogP contribution in [0.25, 0.3) is 0 Å². The van der Waals surface area contributed by atoms with E-state index in [1.807, 2.05) is 13.8 Å². The number of ether oxygens (including phenoxy) is 2. The van der Waals surface area contributed by atoms with E-state index in [1.165, 1.54) is 0 Å². The van der Waals surface area contributed by atoms with Crippen molar-refractivity contribution in [2.24, 2.45) is 5.73 Å². The Morgan fingerprint density at radius 2 is 2.07 bits per heavy atom. The number of carbonyl (C=O) groups is 1. The third-order valence-electron chi connectivity index (χ3n) is 1.36. The van der Waals surface area contributed by atoms with Crippen LogP contribution in [0.3, 0.4) is 0 Å². The molecule has 1 amide bonds. The van der Waals surface area contributed by atoms with Gasteiger partial charge in [0.25, 0.3) is 0 Å². The van der Waals surface area contributed by atoms with Gasteiger partial charge in [0.15, 0.2) is 0 Å². The first kappa shape index (κ1) is 13.4. The quantitative estimate of drug-likeness (QED) is 0.523. The van der Waals surface area contributed by atoms with Crippen LogP contribution in [0.15, 0.2) is 0 Å². The molecule has 84 valence electrons. The van der Waals surface area contributed by atoms with Crippen molar-refractivity contribution in [1.82, 2.24) is 5.32 Å². The van der Waals surface area contributed by atoms with Gasteiger partial charge in [-0.25, -0.2) is 0 Å². The van der Waals surface area contributed by atoms with Crippen LogP contribution >= 0.6 is 0 Å². The minimum absolute atomic E-state index is 0.0402. The van der Waals surface area contributed by atoms with Crippen molar-refractivity contribution in [3.05, 3.63) is 0 Å². The summed E-state index contributed by atoms with van der Waals surface area (Å²) in [5.41, 5.74) is 5.46. The second kappa shape index (κ2) is 8.93. The van der Waals surface area contributed by atoms with Crippen LogP contribution in [-0.4, -0.2) is 44.9 Å². The molecular weight excluding hydrogens is 184 g/mol. The molecule has 5 heteroatoms. The maximum Gasteiger partial charge on any atom is 0.245 e. The molecule has 0 saturated heterocycles. The summed E-state index contributed by atoms with van der Waals surface area (Å²) >= 11 is 0. The van der Waals surface area contributed by atoms with Crippen LogP contribution in [0.5, 0.6) is 0 Å². The van der Waals surface area contributed by atoms with Gasteiger partial charge in [0, 0.05) is 12.6 Å². The first-order valence-electron chi connectivity index (χ1n) is 4.84. The Bertz CT molecular complexity index is 151. The SMILES string of the molecule is CCNC(=O)COCCOCC(C)N. The van der Waals surface area contributed by atoms with Gasteiger partial charge >= 0.3 is 0 Å². The highest BCUT2D eigenvalue weighted by Gasteiger charge is 1.98. The van der Waals surface area contributed by atoms with Gasteiger partial charge in [0.2, 0.25) is 5.91 Å². The molecule has 5 nitrogen and oxygen atoms in total. The Kier molecular flexibility index (Phi) is 8.51. The second-order valence-corrected chi connectivity index (χ2v) is 3.06. The first-order valence-corrected chi connectivity index (χ1v) is 4.84. The van der Waals surface area contributed by atoms with E-state index in [0.717, 1.165) is 0 Å².